The van der Waals surface area contributed by atoms with Crippen LogP contribution in [0.3, 0.4) is 0 Å². The van der Waals surface area contributed by atoms with Gasteiger partial charge in [0.2, 0.25) is 0 Å². The van der Waals surface area contributed by atoms with E-state index in [2.05, 4.69) is 0 Å². The second-order valence-corrected chi connectivity index (χ2v) is 4.18. The molecule has 14 heavy (non-hydrogen) atoms. The molecule has 0 unspecified atom stereocenters. The summed E-state index contributed by atoms with van der Waals surface area (Å²) in [5, 5.41) is 19.8. The Labute approximate surface area is 87.4 Å². The summed E-state index contributed by atoms with van der Waals surface area (Å²) >= 11 is 5.88. The van der Waals surface area contributed by atoms with Crippen molar-refractivity contribution < 1.29 is 5.21 Å². The first-order valence-electron chi connectivity index (χ1n) is 4.56. The van der Waals surface area contributed by atoms with Gasteiger partial charge in [-0.15, -0.1) is 11.6 Å². The first kappa shape index (κ1) is 9.77. The van der Waals surface area contributed by atoms with Gasteiger partial charge in [-0.2, -0.15) is 0 Å². The molecule has 0 heterocycles. The number of halogens is 1. The molecule has 2 rings (SSSR count). The molecule has 0 aromatic heterocycles. The molecule has 1 aromatic carbocycles. The van der Waals surface area contributed by atoms with Gasteiger partial charge in [-0.05, 0) is 30.4 Å². The highest BCUT2D eigenvalue weighted by atomic mass is 35.5. The van der Waals surface area contributed by atoms with Gasteiger partial charge in [0.15, 0.2) is 0 Å². The van der Waals surface area contributed by atoms with E-state index in [0.29, 0.717) is 11.6 Å². The average Bonchev–Trinajstić information content (AvgIpc) is 2.82. The van der Waals surface area contributed by atoms with Gasteiger partial charge >= 0.3 is 0 Å². The van der Waals surface area contributed by atoms with E-state index >= 15 is 0 Å². The monoisotopic (exact) mass is 212 g/mol. The van der Waals surface area contributed by atoms with Crippen LogP contribution in [0.2, 0.25) is 0 Å². The van der Waals surface area contributed by atoms with E-state index in [0.717, 1.165) is 18.4 Å². The quantitative estimate of drug-likeness (QED) is 0.619. The van der Waals surface area contributed by atoms with E-state index < -0.39 is 0 Å². The van der Waals surface area contributed by atoms with Crippen molar-refractivity contribution >= 4 is 17.3 Å². The summed E-state index contributed by atoms with van der Waals surface area (Å²) in [6.45, 7) is 0. The Balaban J connectivity index is 2.15. The Kier molecular flexibility index (Phi) is 2.63. The molecule has 1 aliphatic carbocycles. The van der Waals surface area contributed by atoms with Crippen molar-refractivity contribution in [2.24, 2.45) is 5.92 Å². The van der Waals surface area contributed by atoms with Gasteiger partial charge in [-0.1, -0.05) is 18.2 Å². The molecular weight excluding hydrogens is 202 g/mol. The maximum Gasteiger partial charge on any atom is 0.0540 e. The summed E-state index contributed by atoms with van der Waals surface area (Å²) in [6, 6.07) is 7.03. The van der Waals surface area contributed by atoms with Crippen LogP contribution in [0.25, 0.3) is 0 Å². The van der Waals surface area contributed by atoms with E-state index in [1.807, 2.05) is 12.1 Å². The fourth-order valence-corrected chi connectivity index (χ4v) is 1.89. The molecular formula is C10H11ClNO2-. The molecule has 0 saturated heterocycles. The number of hydrogen-bond donors (Lipinski definition) is 1. The van der Waals surface area contributed by atoms with Crippen LogP contribution in [0.15, 0.2) is 24.3 Å². The smallest absolute Gasteiger partial charge is 0.0540 e. The molecule has 1 aromatic rings. The van der Waals surface area contributed by atoms with Gasteiger partial charge in [0.25, 0.3) is 0 Å². The summed E-state index contributed by atoms with van der Waals surface area (Å²) in [7, 11) is 0. The Hall–Kier alpha value is -0.770. The predicted octanol–water partition coefficient (Wildman–Crippen LogP) is 2.55. The molecule has 0 radical (unpaired) electrons. The van der Waals surface area contributed by atoms with Crippen molar-refractivity contribution in [3.8, 4) is 0 Å². The van der Waals surface area contributed by atoms with E-state index in [-0.39, 0.29) is 10.6 Å². The van der Waals surface area contributed by atoms with Crippen molar-refractivity contribution in [1.82, 2.24) is 0 Å². The Morgan fingerprint density at radius 1 is 1.50 bits per heavy atom. The molecule has 4 heteroatoms. The van der Waals surface area contributed by atoms with Gasteiger partial charge in [0.1, 0.15) is 0 Å². The van der Waals surface area contributed by atoms with Gasteiger partial charge in [0, 0.05) is 5.38 Å². The molecule has 1 fully saturated rings. The van der Waals surface area contributed by atoms with E-state index in [4.69, 9.17) is 16.8 Å². The van der Waals surface area contributed by atoms with Crippen LogP contribution in [0.1, 0.15) is 12.0 Å². The van der Waals surface area contributed by atoms with Crippen molar-refractivity contribution in [2.75, 3.05) is 5.23 Å². The fourth-order valence-electron chi connectivity index (χ4n) is 1.57. The Bertz CT molecular complexity index is 330. The van der Waals surface area contributed by atoms with Crippen molar-refractivity contribution in [1.29, 1.82) is 0 Å². The number of benzene rings is 1. The summed E-state index contributed by atoms with van der Waals surface area (Å²) in [4.78, 5) is 0. The zero-order chi connectivity index (χ0) is 10.1. The lowest BCUT2D eigenvalue weighted by molar-refractivity contribution is 0.295. The fraction of sp³-hybridized carbons (Fsp3) is 0.400. The standard InChI is InChI=1S/C10H11ClNO2/c11-9-6-8(9)5-7-3-1-2-4-10(7)12(13)14/h1-4,8-9,13H,5-6H2/q-1/t8-,9-/m0/s1. The lowest BCUT2D eigenvalue weighted by atomic mass is 10.1. The lowest BCUT2D eigenvalue weighted by Crippen LogP contribution is -2.10. The van der Waals surface area contributed by atoms with Crippen LogP contribution >= 0.6 is 11.6 Å². The minimum atomic E-state index is -0.0824. The molecule has 76 valence electrons. The second kappa shape index (κ2) is 3.77. The van der Waals surface area contributed by atoms with Crippen molar-refractivity contribution in [3.05, 3.63) is 35.0 Å². The van der Waals surface area contributed by atoms with Crippen LogP contribution in [0.5, 0.6) is 0 Å². The molecule has 1 saturated carbocycles. The molecule has 0 amide bonds. The van der Waals surface area contributed by atoms with Crippen molar-refractivity contribution in [3.63, 3.8) is 0 Å². The van der Waals surface area contributed by atoms with Gasteiger partial charge in [-0.3, -0.25) is 5.21 Å². The third-order valence-electron chi connectivity index (χ3n) is 2.52. The third-order valence-corrected chi connectivity index (χ3v) is 3.05. The van der Waals surface area contributed by atoms with E-state index in [9.17, 15) is 5.21 Å². The Morgan fingerprint density at radius 2 is 2.14 bits per heavy atom. The molecule has 0 aliphatic heterocycles. The zero-order valence-electron chi connectivity index (χ0n) is 7.56. The maximum atomic E-state index is 10.8. The molecule has 3 nitrogen and oxygen atoms in total. The number of anilines is 1. The highest BCUT2D eigenvalue weighted by molar-refractivity contribution is 6.22. The largest absolute Gasteiger partial charge is 0.733 e. The highest BCUT2D eigenvalue weighted by Gasteiger charge is 2.35. The van der Waals surface area contributed by atoms with Crippen LogP contribution in [-0.2, 0) is 6.42 Å². The molecule has 1 N–H and O–H groups in total. The van der Waals surface area contributed by atoms with Crippen molar-refractivity contribution in [2.45, 2.75) is 18.2 Å². The first-order chi connectivity index (χ1) is 6.68. The number of hydrogen-bond acceptors (Lipinski definition) is 3. The van der Waals surface area contributed by atoms with Crippen LogP contribution in [0, 0.1) is 11.1 Å². The summed E-state index contributed by atoms with van der Waals surface area (Å²) in [5.74, 6) is 0.456. The first-order valence-corrected chi connectivity index (χ1v) is 5.00. The third kappa shape index (κ3) is 2.00. The minimum absolute atomic E-state index is 0.0824. The number of para-hydroxylation sites is 1. The number of alkyl halides is 1. The van der Waals surface area contributed by atoms with E-state index in [1.165, 1.54) is 0 Å². The topological polar surface area (TPSA) is 46.5 Å². The number of nitrogens with zero attached hydrogens (tertiary/aromatic N) is 1. The lowest BCUT2D eigenvalue weighted by Gasteiger charge is -2.24. The average molecular weight is 213 g/mol. The summed E-state index contributed by atoms with van der Waals surface area (Å²) in [5.41, 5.74) is 1.18. The van der Waals surface area contributed by atoms with Gasteiger partial charge in [0.05, 0.1) is 5.69 Å². The Morgan fingerprint density at radius 3 is 2.71 bits per heavy atom. The number of rotatable bonds is 3. The normalized spacial score (nSPS) is 24.8. The molecule has 0 bridgehead atoms. The zero-order valence-corrected chi connectivity index (χ0v) is 8.31. The van der Waals surface area contributed by atoms with Gasteiger partial charge in [-0.25, -0.2) is 0 Å². The SMILES string of the molecule is [O-]N(O)c1ccccc1C[C@H]1C[C@@H]1Cl. The maximum absolute atomic E-state index is 10.8. The molecule has 1 aliphatic rings. The van der Waals surface area contributed by atoms with E-state index in [1.54, 1.807) is 12.1 Å². The molecule has 2 atom stereocenters. The van der Waals surface area contributed by atoms with Crippen LogP contribution in [0.4, 0.5) is 5.69 Å². The predicted molar refractivity (Wildman–Crippen MR) is 55.5 cm³/mol. The van der Waals surface area contributed by atoms with Crippen LogP contribution < -0.4 is 5.23 Å². The summed E-state index contributed by atoms with van der Waals surface area (Å²) in [6.07, 6.45) is 1.77. The highest BCUT2D eigenvalue weighted by Crippen LogP contribution is 2.40. The second-order valence-electron chi connectivity index (χ2n) is 3.62. The van der Waals surface area contributed by atoms with Crippen LogP contribution in [-0.4, -0.2) is 10.6 Å². The van der Waals surface area contributed by atoms with Gasteiger partial charge < -0.3 is 10.4 Å². The minimum Gasteiger partial charge on any atom is -0.733 e. The summed E-state index contributed by atoms with van der Waals surface area (Å²) < 4.78 is 0. The molecule has 0 spiro atoms.